The van der Waals surface area contributed by atoms with Gasteiger partial charge in [-0.05, 0) is 24.1 Å². The Morgan fingerprint density at radius 1 is 1.25 bits per heavy atom. The molecular weight excluding hydrogens is 163 g/mol. The Hall–Kier alpha value is -0.350. The first-order valence-corrected chi connectivity index (χ1v) is 4.91. The fourth-order valence-electron chi connectivity index (χ4n) is 1.20. The predicted molar refractivity (Wildman–Crippen MR) is 60.8 cm³/mol. The van der Waals surface area contributed by atoms with E-state index in [2.05, 4.69) is 46.5 Å². The van der Waals surface area contributed by atoms with Crippen LogP contribution >= 0.6 is 9.24 Å². The average molecular weight is 182 g/mol. The number of benzene rings is 1. The summed E-state index contributed by atoms with van der Waals surface area (Å²) in [6.45, 7) is 2.28. The third-order valence-electron chi connectivity index (χ3n) is 1.97. The van der Waals surface area contributed by atoms with E-state index in [-0.39, 0.29) is 7.43 Å². The average Bonchev–Trinajstić information content (AvgIpc) is 2.07. The summed E-state index contributed by atoms with van der Waals surface area (Å²) in [5.74, 6) is 0.702. The van der Waals surface area contributed by atoms with Crippen molar-refractivity contribution in [1.82, 2.24) is 0 Å². The van der Waals surface area contributed by atoms with E-state index in [1.165, 1.54) is 18.1 Å². The Kier molecular flexibility index (Phi) is 6.02. The molecule has 0 spiro atoms. The summed E-state index contributed by atoms with van der Waals surface area (Å²) in [7, 11) is 2.77. The van der Waals surface area contributed by atoms with Gasteiger partial charge in [-0.15, -0.1) is 9.24 Å². The molecule has 2 atom stereocenters. The lowest BCUT2D eigenvalue weighted by Crippen LogP contribution is -1.92. The second kappa shape index (κ2) is 6.20. The van der Waals surface area contributed by atoms with Crippen LogP contribution in [0.1, 0.15) is 32.3 Å². The molecule has 1 aromatic carbocycles. The Balaban J connectivity index is 0.00000121. The minimum atomic E-state index is 0. The Morgan fingerprint density at radius 2 is 1.83 bits per heavy atom. The van der Waals surface area contributed by atoms with Crippen LogP contribution in [0.2, 0.25) is 0 Å². The summed E-state index contributed by atoms with van der Waals surface area (Å²) in [4.78, 5) is 0. The van der Waals surface area contributed by atoms with Gasteiger partial charge in [0.2, 0.25) is 0 Å². The highest BCUT2D eigenvalue weighted by Gasteiger charge is 2.01. The SMILES string of the molecule is C.CC(CCP)c1ccccc1. The topological polar surface area (TPSA) is 0 Å². The van der Waals surface area contributed by atoms with Crippen molar-refractivity contribution in [2.45, 2.75) is 26.7 Å². The van der Waals surface area contributed by atoms with Gasteiger partial charge in [-0.1, -0.05) is 44.7 Å². The number of hydrogen-bond donors (Lipinski definition) is 0. The maximum atomic E-state index is 2.77. The lowest BCUT2D eigenvalue weighted by molar-refractivity contribution is 0.741. The van der Waals surface area contributed by atoms with Crippen molar-refractivity contribution < 1.29 is 0 Å². The Labute approximate surface area is 78.6 Å². The van der Waals surface area contributed by atoms with Crippen molar-refractivity contribution in [3.8, 4) is 0 Å². The zero-order valence-electron chi connectivity index (χ0n) is 6.96. The van der Waals surface area contributed by atoms with E-state index >= 15 is 0 Å². The van der Waals surface area contributed by atoms with Crippen molar-refractivity contribution >= 4 is 9.24 Å². The van der Waals surface area contributed by atoms with Gasteiger partial charge in [-0.25, -0.2) is 0 Å². The number of rotatable bonds is 3. The van der Waals surface area contributed by atoms with Gasteiger partial charge in [-0.3, -0.25) is 0 Å². The zero-order chi connectivity index (χ0) is 8.10. The minimum absolute atomic E-state index is 0. The van der Waals surface area contributed by atoms with Gasteiger partial charge < -0.3 is 0 Å². The fourth-order valence-corrected chi connectivity index (χ4v) is 1.70. The van der Waals surface area contributed by atoms with Crippen molar-refractivity contribution in [3.63, 3.8) is 0 Å². The van der Waals surface area contributed by atoms with Gasteiger partial charge in [0.15, 0.2) is 0 Å². The van der Waals surface area contributed by atoms with Crippen LogP contribution < -0.4 is 0 Å². The first-order chi connectivity index (χ1) is 5.34. The van der Waals surface area contributed by atoms with Crippen LogP contribution in [0.3, 0.4) is 0 Å². The van der Waals surface area contributed by atoms with Crippen molar-refractivity contribution in [2.75, 3.05) is 6.16 Å². The highest BCUT2D eigenvalue weighted by Crippen LogP contribution is 2.18. The molecule has 12 heavy (non-hydrogen) atoms. The van der Waals surface area contributed by atoms with Crippen LogP contribution in [0.25, 0.3) is 0 Å². The smallest absolute Gasteiger partial charge is 0.0187 e. The largest absolute Gasteiger partial charge is 0.138 e. The van der Waals surface area contributed by atoms with E-state index in [0.29, 0.717) is 5.92 Å². The van der Waals surface area contributed by atoms with Crippen LogP contribution in [0.15, 0.2) is 30.3 Å². The van der Waals surface area contributed by atoms with Gasteiger partial charge in [0.05, 0.1) is 0 Å². The maximum absolute atomic E-state index is 2.77. The van der Waals surface area contributed by atoms with Gasteiger partial charge >= 0.3 is 0 Å². The van der Waals surface area contributed by atoms with Crippen molar-refractivity contribution in [2.24, 2.45) is 0 Å². The molecule has 0 fully saturated rings. The molecule has 0 aromatic heterocycles. The van der Waals surface area contributed by atoms with Crippen LogP contribution in [0, 0.1) is 0 Å². The quantitative estimate of drug-likeness (QED) is 0.625. The zero-order valence-corrected chi connectivity index (χ0v) is 8.11. The third kappa shape index (κ3) is 3.36. The summed E-state index contributed by atoms with van der Waals surface area (Å²) in [6, 6.07) is 10.7. The van der Waals surface area contributed by atoms with Crippen molar-refractivity contribution in [1.29, 1.82) is 0 Å². The van der Waals surface area contributed by atoms with E-state index in [4.69, 9.17) is 0 Å². The molecule has 0 N–H and O–H groups in total. The molecule has 0 heterocycles. The summed E-state index contributed by atoms with van der Waals surface area (Å²) >= 11 is 0. The lowest BCUT2D eigenvalue weighted by atomic mass is 9.99. The van der Waals surface area contributed by atoms with Gasteiger partial charge in [-0.2, -0.15) is 0 Å². The second-order valence-electron chi connectivity index (χ2n) is 2.89. The van der Waals surface area contributed by atoms with Crippen LogP contribution in [-0.4, -0.2) is 6.16 Å². The first-order valence-electron chi connectivity index (χ1n) is 4.09. The molecule has 0 aliphatic rings. The molecule has 0 nitrogen and oxygen atoms in total. The molecule has 1 rings (SSSR count). The third-order valence-corrected chi connectivity index (χ3v) is 2.30. The molecule has 0 aliphatic carbocycles. The number of hydrogen-bond acceptors (Lipinski definition) is 0. The van der Waals surface area contributed by atoms with Crippen LogP contribution in [0.5, 0.6) is 0 Å². The molecule has 0 bridgehead atoms. The molecule has 1 aromatic rings. The van der Waals surface area contributed by atoms with Crippen molar-refractivity contribution in [3.05, 3.63) is 35.9 Å². The normalized spacial score (nSPS) is 11.8. The molecule has 2 unspecified atom stereocenters. The minimum Gasteiger partial charge on any atom is -0.138 e. The predicted octanol–water partition coefficient (Wildman–Crippen LogP) is 3.69. The Bertz CT molecular complexity index is 193. The van der Waals surface area contributed by atoms with Crippen LogP contribution in [0.4, 0.5) is 0 Å². The molecule has 0 saturated carbocycles. The van der Waals surface area contributed by atoms with Gasteiger partial charge in [0.25, 0.3) is 0 Å². The molecule has 0 radical (unpaired) electrons. The highest BCUT2D eigenvalue weighted by molar-refractivity contribution is 7.16. The van der Waals surface area contributed by atoms with E-state index in [0.717, 1.165) is 0 Å². The summed E-state index contributed by atoms with van der Waals surface area (Å²) in [5, 5.41) is 0. The molecule has 0 amide bonds. The lowest BCUT2D eigenvalue weighted by Gasteiger charge is -2.08. The van der Waals surface area contributed by atoms with E-state index in [9.17, 15) is 0 Å². The highest BCUT2D eigenvalue weighted by atomic mass is 31.0. The molecule has 1 heteroatoms. The summed E-state index contributed by atoms with van der Waals surface area (Å²) < 4.78 is 0. The van der Waals surface area contributed by atoms with Gasteiger partial charge in [0, 0.05) is 0 Å². The monoisotopic (exact) mass is 182 g/mol. The summed E-state index contributed by atoms with van der Waals surface area (Å²) in [6.07, 6.45) is 2.45. The molecule has 0 aliphatic heterocycles. The summed E-state index contributed by atoms with van der Waals surface area (Å²) in [5.41, 5.74) is 1.45. The first kappa shape index (κ1) is 11.6. The van der Waals surface area contributed by atoms with E-state index in [1.54, 1.807) is 0 Å². The molecular formula is C11H19P. The molecule has 68 valence electrons. The maximum Gasteiger partial charge on any atom is -0.0187 e. The standard InChI is InChI=1S/C10H15P.CH4/c1-9(7-8-11)10-5-3-2-4-6-10;/h2-6,9H,7-8,11H2,1H3;1H4. The Morgan fingerprint density at radius 3 is 2.33 bits per heavy atom. The van der Waals surface area contributed by atoms with Crippen LogP contribution in [-0.2, 0) is 0 Å². The van der Waals surface area contributed by atoms with Gasteiger partial charge in [0.1, 0.15) is 0 Å². The second-order valence-corrected chi connectivity index (χ2v) is 3.47. The van der Waals surface area contributed by atoms with E-state index in [1.807, 2.05) is 0 Å². The molecule has 0 saturated heterocycles. The van der Waals surface area contributed by atoms with E-state index < -0.39 is 0 Å². The fraction of sp³-hybridized carbons (Fsp3) is 0.455.